The molecule has 5 nitrogen and oxygen atoms in total. The molecular formula is C14H16N2O3S2. The van der Waals surface area contributed by atoms with Crippen molar-refractivity contribution < 1.29 is 14.6 Å². The van der Waals surface area contributed by atoms with E-state index in [0.717, 1.165) is 24.5 Å². The molecule has 0 bridgehead atoms. The van der Waals surface area contributed by atoms with Crippen molar-refractivity contribution in [1.29, 1.82) is 0 Å². The Balaban J connectivity index is 1.88. The first-order chi connectivity index (χ1) is 10.2. The quantitative estimate of drug-likeness (QED) is 0.847. The topological polar surface area (TPSA) is 62.7 Å². The van der Waals surface area contributed by atoms with Crippen LogP contribution in [-0.2, 0) is 17.9 Å². The molecule has 1 aliphatic carbocycles. The number of thiophene rings is 1. The number of methoxy groups -OCH3 is 1. The van der Waals surface area contributed by atoms with Crippen LogP contribution in [0.3, 0.4) is 0 Å². The number of carbonyl (C=O) groups is 1. The van der Waals surface area contributed by atoms with Gasteiger partial charge in [-0.25, -0.2) is 9.78 Å². The normalized spacial score (nSPS) is 14.3. The molecule has 0 spiro atoms. The van der Waals surface area contributed by atoms with E-state index in [9.17, 15) is 9.90 Å². The van der Waals surface area contributed by atoms with Gasteiger partial charge in [0, 0.05) is 19.7 Å². The number of thiazole rings is 1. The summed E-state index contributed by atoms with van der Waals surface area (Å²) in [6.07, 6.45) is 2.29. The SMILES string of the molecule is COCc1nc(N(Cc2ccsc2)C2CC2)sc1C(=O)O. The Morgan fingerprint density at radius 3 is 2.95 bits per heavy atom. The second-order valence-electron chi connectivity index (χ2n) is 5.00. The summed E-state index contributed by atoms with van der Waals surface area (Å²) in [4.78, 5) is 18.3. The highest BCUT2D eigenvalue weighted by atomic mass is 32.1. The minimum Gasteiger partial charge on any atom is -0.477 e. The number of rotatable bonds is 7. The number of aromatic carboxylic acids is 1. The van der Waals surface area contributed by atoms with Crippen LogP contribution in [0.1, 0.15) is 33.8 Å². The highest BCUT2D eigenvalue weighted by Gasteiger charge is 2.32. The Hall–Kier alpha value is -1.44. The van der Waals surface area contributed by atoms with Gasteiger partial charge in [-0.2, -0.15) is 11.3 Å². The molecule has 1 N–H and O–H groups in total. The van der Waals surface area contributed by atoms with Crippen molar-refractivity contribution in [2.75, 3.05) is 12.0 Å². The van der Waals surface area contributed by atoms with Gasteiger partial charge >= 0.3 is 5.97 Å². The number of nitrogens with zero attached hydrogens (tertiary/aromatic N) is 2. The molecule has 3 rings (SSSR count). The zero-order valence-electron chi connectivity index (χ0n) is 11.6. The number of hydrogen-bond donors (Lipinski definition) is 1. The third kappa shape index (κ3) is 3.25. The maximum absolute atomic E-state index is 11.3. The zero-order chi connectivity index (χ0) is 14.8. The first-order valence-electron chi connectivity index (χ1n) is 6.68. The summed E-state index contributed by atoms with van der Waals surface area (Å²) in [5, 5.41) is 14.3. The summed E-state index contributed by atoms with van der Waals surface area (Å²) in [7, 11) is 1.55. The van der Waals surface area contributed by atoms with E-state index in [0.29, 0.717) is 11.7 Å². The minimum absolute atomic E-state index is 0.231. The summed E-state index contributed by atoms with van der Waals surface area (Å²) in [6.45, 7) is 1.02. The molecule has 0 unspecified atom stereocenters. The van der Waals surface area contributed by atoms with Gasteiger partial charge in [0.15, 0.2) is 5.13 Å². The van der Waals surface area contributed by atoms with Gasteiger partial charge in [-0.3, -0.25) is 0 Å². The van der Waals surface area contributed by atoms with Crippen LogP contribution in [0, 0.1) is 0 Å². The van der Waals surface area contributed by atoms with Crippen LogP contribution in [0.25, 0.3) is 0 Å². The fourth-order valence-electron chi connectivity index (χ4n) is 2.18. The third-order valence-corrected chi connectivity index (χ3v) is 5.18. The van der Waals surface area contributed by atoms with Gasteiger partial charge in [0.25, 0.3) is 0 Å². The number of carboxylic acids is 1. The monoisotopic (exact) mass is 324 g/mol. The van der Waals surface area contributed by atoms with E-state index in [1.54, 1.807) is 18.4 Å². The Bertz CT molecular complexity index is 620. The number of anilines is 1. The van der Waals surface area contributed by atoms with E-state index in [-0.39, 0.29) is 11.5 Å². The predicted molar refractivity (Wildman–Crippen MR) is 83.3 cm³/mol. The van der Waals surface area contributed by atoms with Gasteiger partial charge in [0.05, 0.1) is 12.3 Å². The summed E-state index contributed by atoms with van der Waals surface area (Å²) in [6, 6.07) is 2.58. The molecule has 0 amide bonds. The van der Waals surface area contributed by atoms with Gasteiger partial charge in [-0.1, -0.05) is 11.3 Å². The van der Waals surface area contributed by atoms with Crippen LogP contribution in [0.2, 0.25) is 0 Å². The number of ether oxygens (including phenoxy) is 1. The Morgan fingerprint density at radius 2 is 2.38 bits per heavy atom. The number of aromatic nitrogens is 1. The molecule has 0 atom stereocenters. The molecule has 1 saturated carbocycles. The average molecular weight is 324 g/mol. The van der Waals surface area contributed by atoms with Gasteiger partial charge < -0.3 is 14.7 Å². The van der Waals surface area contributed by atoms with Crippen LogP contribution in [0.5, 0.6) is 0 Å². The Labute approximate surface area is 130 Å². The lowest BCUT2D eigenvalue weighted by Gasteiger charge is -2.20. The van der Waals surface area contributed by atoms with Crippen LogP contribution in [0.15, 0.2) is 16.8 Å². The molecule has 1 aliphatic rings. The van der Waals surface area contributed by atoms with E-state index < -0.39 is 5.97 Å². The first kappa shape index (κ1) is 14.5. The van der Waals surface area contributed by atoms with E-state index in [1.807, 2.05) is 0 Å². The van der Waals surface area contributed by atoms with Crippen molar-refractivity contribution in [3.05, 3.63) is 33.0 Å². The van der Waals surface area contributed by atoms with Crippen molar-refractivity contribution in [2.45, 2.75) is 32.0 Å². The zero-order valence-corrected chi connectivity index (χ0v) is 13.2. The molecule has 2 aromatic rings. The molecule has 0 radical (unpaired) electrons. The van der Waals surface area contributed by atoms with E-state index >= 15 is 0 Å². The van der Waals surface area contributed by atoms with Gasteiger partial charge in [-0.15, -0.1) is 0 Å². The largest absolute Gasteiger partial charge is 0.477 e. The predicted octanol–water partition coefficient (Wildman–Crippen LogP) is 3.22. The lowest BCUT2D eigenvalue weighted by Crippen LogP contribution is -2.24. The van der Waals surface area contributed by atoms with E-state index in [4.69, 9.17) is 4.74 Å². The standard InChI is InChI=1S/C14H16N2O3S2/c1-19-7-11-12(13(17)18)21-14(15-11)16(10-2-3-10)6-9-4-5-20-8-9/h4-5,8,10H,2-3,6-7H2,1H3,(H,17,18). The Kier molecular flexibility index (Phi) is 4.23. The molecule has 0 saturated heterocycles. The maximum Gasteiger partial charge on any atom is 0.347 e. The van der Waals surface area contributed by atoms with Crippen molar-refractivity contribution in [3.63, 3.8) is 0 Å². The number of hydrogen-bond acceptors (Lipinski definition) is 6. The molecule has 2 heterocycles. The molecule has 2 aromatic heterocycles. The lowest BCUT2D eigenvalue weighted by atomic mass is 10.3. The second-order valence-corrected chi connectivity index (χ2v) is 6.76. The first-order valence-corrected chi connectivity index (χ1v) is 8.44. The van der Waals surface area contributed by atoms with Crippen molar-refractivity contribution in [2.24, 2.45) is 0 Å². The van der Waals surface area contributed by atoms with Crippen molar-refractivity contribution in [1.82, 2.24) is 4.98 Å². The highest BCUT2D eigenvalue weighted by Crippen LogP contribution is 2.37. The van der Waals surface area contributed by atoms with Gasteiger partial charge in [0.1, 0.15) is 4.88 Å². The average Bonchev–Trinajstić information content (AvgIpc) is 2.99. The molecule has 0 aromatic carbocycles. The molecule has 7 heteroatoms. The number of carboxylic acid groups (broad SMARTS) is 1. The van der Waals surface area contributed by atoms with Crippen LogP contribution >= 0.6 is 22.7 Å². The van der Waals surface area contributed by atoms with Gasteiger partial charge in [0.2, 0.25) is 0 Å². The second kappa shape index (κ2) is 6.13. The highest BCUT2D eigenvalue weighted by molar-refractivity contribution is 7.17. The van der Waals surface area contributed by atoms with Crippen LogP contribution < -0.4 is 4.90 Å². The molecule has 112 valence electrons. The van der Waals surface area contributed by atoms with Crippen molar-refractivity contribution >= 4 is 33.8 Å². The van der Waals surface area contributed by atoms with Crippen LogP contribution in [0.4, 0.5) is 5.13 Å². The van der Waals surface area contributed by atoms with Crippen LogP contribution in [-0.4, -0.2) is 29.2 Å². The van der Waals surface area contributed by atoms with E-state index in [1.165, 1.54) is 16.9 Å². The summed E-state index contributed by atoms with van der Waals surface area (Å²) >= 11 is 2.92. The lowest BCUT2D eigenvalue weighted by molar-refractivity contribution is 0.0697. The summed E-state index contributed by atoms with van der Waals surface area (Å²) in [5.74, 6) is -0.933. The fraction of sp³-hybridized carbons (Fsp3) is 0.429. The minimum atomic E-state index is -0.933. The molecule has 0 aliphatic heterocycles. The van der Waals surface area contributed by atoms with Gasteiger partial charge in [-0.05, 0) is 35.2 Å². The fourth-order valence-corrected chi connectivity index (χ4v) is 3.82. The van der Waals surface area contributed by atoms with E-state index in [2.05, 4.69) is 26.7 Å². The summed E-state index contributed by atoms with van der Waals surface area (Å²) in [5.41, 5.74) is 1.76. The smallest absolute Gasteiger partial charge is 0.347 e. The molecule has 1 fully saturated rings. The van der Waals surface area contributed by atoms with Crippen molar-refractivity contribution in [3.8, 4) is 0 Å². The third-order valence-electron chi connectivity index (χ3n) is 3.33. The molecular weight excluding hydrogens is 308 g/mol. The Morgan fingerprint density at radius 1 is 1.57 bits per heavy atom. The summed E-state index contributed by atoms with van der Waals surface area (Å²) < 4.78 is 5.06. The maximum atomic E-state index is 11.3. The molecule has 21 heavy (non-hydrogen) atoms.